The average Bonchev–Trinajstić information content (AvgIpc) is 2.81. The van der Waals surface area contributed by atoms with Gasteiger partial charge in [-0.2, -0.15) is 5.10 Å². The number of benzene rings is 1. The summed E-state index contributed by atoms with van der Waals surface area (Å²) in [6.07, 6.45) is 8.54. The SMILES string of the molecule is O=C(Nc1cccnn1)N1CCC(=Cc2cccc(Oc3ccc(N4CCC4)cn3)c2)CC1. The topological polar surface area (TPSA) is 83.5 Å². The normalized spacial score (nSPS) is 15.6. The van der Waals surface area contributed by atoms with Gasteiger partial charge in [-0.1, -0.05) is 23.8 Å². The summed E-state index contributed by atoms with van der Waals surface area (Å²) in [6, 6.07) is 15.3. The van der Waals surface area contributed by atoms with Crippen molar-refractivity contribution >= 4 is 23.6 Å². The number of ether oxygens (including phenoxy) is 1. The molecule has 8 heteroatoms. The maximum Gasteiger partial charge on any atom is 0.323 e. The van der Waals surface area contributed by atoms with Crippen LogP contribution >= 0.6 is 0 Å². The Balaban J connectivity index is 1.16. The molecule has 2 amide bonds. The second kappa shape index (κ2) is 9.68. The Labute approximate surface area is 192 Å². The van der Waals surface area contributed by atoms with Crippen molar-refractivity contribution in [3.63, 3.8) is 0 Å². The molecule has 1 N–H and O–H groups in total. The van der Waals surface area contributed by atoms with Crippen molar-refractivity contribution in [3.8, 4) is 11.6 Å². The zero-order chi connectivity index (χ0) is 22.5. The van der Waals surface area contributed by atoms with E-state index >= 15 is 0 Å². The Morgan fingerprint density at radius 2 is 1.91 bits per heavy atom. The molecule has 2 aromatic heterocycles. The zero-order valence-corrected chi connectivity index (χ0v) is 18.4. The number of pyridine rings is 1. The van der Waals surface area contributed by atoms with E-state index in [4.69, 9.17) is 4.74 Å². The van der Waals surface area contributed by atoms with Crippen molar-refractivity contribution in [1.29, 1.82) is 0 Å². The van der Waals surface area contributed by atoms with E-state index in [2.05, 4.69) is 43.6 Å². The molecule has 0 saturated carbocycles. The van der Waals surface area contributed by atoms with E-state index < -0.39 is 0 Å². The molecule has 5 rings (SSSR count). The second-order valence-electron chi connectivity index (χ2n) is 8.20. The van der Waals surface area contributed by atoms with Crippen molar-refractivity contribution in [2.75, 3.05) is 36.4 Å². The third-order valence-electron chi connectivity index (χ3n) is 5.89. The molecule has 33 heavy (non-hydrogen) atoms. The van der Waals surface area contributed by atoms with Crippen LogP contribution in [-0.4, -0.2) is 52.3 Å². The molecule has 0 bridgehead atoms. The molecule has 4 heterocycles. The summed E-state index contributed by atoms with van der Waals surface area (Å²) in [7, 11) is 0. The molecular formula is C25H26N6O2. The second-order valence-corrected chi connectivity index (χ2v) is 8.20. The summed E-state index contributed by atoms with van der Waals surface area (Å²) in [4.78, 5) is 21.0. The number of urea groups is 1. The van der Waals surface area contributed by atoms with Gasteiger partial charge >= 0.3 is 6.03 Å². The van der Waals surface area contributed by atoms with Gasteiger partial charge in [0.1, 0.15) is 5.75 Å². The number of piperidine rings is 1. The van der Waals surface area contributed by atoms with Gasteiger partial charge in [0.05, 0.1) is 11.9 Å². The average molecular weight is 443 g/mol. The molecule has 2 aliphatic rings. The van der Waals surface area contributed by atoms with Crippen LogP contribution in [0.15, 0.2) is 66.5 Å². The van der Waals surface area contributed by atoms with Crippen LogP contribution < -0.4 is 15.0 Å². The number of hydrogen-bond acceptors (Lipinski definition) is 6. The lowest BCUT2D eigenvalue weighted by Gasteiger charge is -2.32. The number of aromatic nitrogens is 3. The van der Waals surface area contributed by atoms with E-state index in [1.165, 1.54) is 12.0 Å². The minimum absolute atomic E-state index is 0.141. The number of amides is 2. The molecule has 8 nitrogen and oxygen atoms in total. The van der Waals surface area contributed by atoms with Gasteiger partial charge in [-0.25, -0.2) is 9.78 Å². The first-order valence-corrected chi connectivity index (χ1v) is 11.2. The Hall–Kier alpha value is -3.94. The van der Waals surface area contributed by atoms with E-state index in [1.807, 2.05) is 30.5 Å². The summed E-state index contributed by atoms with van der Waals surface area (Å²) in [5.74, 6) is 1.81. The molecule has 2 saturated heterocycles. The lowest BCUT2D eigenvalue weighted by molar-refractivity contribution is 0.207. The maximum absolute atomic E-state index is 12.4. The van der Waals surface area contributed by atoms with Gasteiger partial charge < -0.3 is 14.5 Å². The van der Waals surface area contributed by atoms with E-state index in [-0.39, 0.29) is 6.03 Å². The van der Waals surface area contributed by atoms with E-state index in [9.17, 15) is 4.79 Å². The maximum atomic E-state index is 12.4. The number of rotatable bonds is 5. The van der Waals surface area contributed by atoms with Gasteiger partial charge in [-0.15, -0.1) is 5.10 Å². The van der Waals surface area contributed by atoms with E-state index in [0.29, 0.717) is 24.8 Å². The highest BCUT2D eigenvalue weighted by Crippen LogP contribution is 2.26. The predicted octanol–water partition coefficient (Wildman–Crippen LogP) is 4.59. The number of anilines is 2. The highest BCUT2D eigenvalue weighted by molar-refractivity contribution is 5.88. The number of likely N-dealkylation sites (tertiary alicyclic amines) is 1. The predicted molar refractivity (Wildman–Crippen MR) is 127 cm³/mol. The summed E-state index contributed by atoms with van der Waals surface area (Å²) >= 11 is 0. The van der Waals surface area contributed by atoms with Gasteiger partial charge in [-0.3, -0.25) is 5.32 Å². The fourth-order valence-corrected chi connectivity index (χ4v) is 3.92. The van der Waals surface area contributed by atoms with Crippen molar-refractivity contribution < 1.29 is 9.53 Å². The summed E-state index contributed by atoms with van der Waals surface area (Å²) in [6.45, 7) is 3.54. The van der Waals surface area contributed by atoms with Crippen molar-refractivity contribution in [2.45, 2.75) is 19.3 Å². The lowest BCUT2D eigenvalue weighted by atomic mass is 10.0. The minimum atomic E-state index is -0.141. The largest absolute Gasteiger partial charge is 0.439 e. The Bertz CT molecular complexity index is 1120. The van der Waals surface area contributed by atoms with E-state index in [0.717, 1.165) is 42.9 Å². The van der Waals surface area contributed by atoms with Crippen LogP contribution in [0.4, 0.5) is 16.3 Å². The number of nitrogens with zero attached hydrogens (tertiary/aromatic N) is 5. The summed E-state index contributed by atoms with van der Waals surface area (Å²) in [5, 5.41) is 10.5. The third-order valence-corrected chi connectivity index (χ3v) is 5.89. The standard InChI is InChI=1S/C25H26N6O2/c32-25(28-23-6-2-11-27-29-23)31-14-9-19(10-15-31)16-20-4-1-5-22(17-20)33-24-8-7-21(18-26-24)30-12-3-13-30/h1-2,4-8,11,16-18H,3,9-10,12-15H2,(H,28,29,32). The molecule has 0 aliphatic carbocycles. The first-order valence-electron chi connectivity index (χ1n) is 11.2. The van der Waals surface area contributed by atoms with Crippen LogP contribution in [0.5, 0.6) is 11.6 Å². The molecule has 1 aromatic carbocycles. The Morgan fingerprint density at radius 3 is 2.61 bits per heavy atom. The molecule has 2 fully saturated rings. The fraction of sp³-hybridized carbons (Fsp3) is 0.280. The molecule has 0 radical (unpaired) electrons. The van der Waals surface area contributed by atoms with Crippen LogP contribution in [0, 0.1) is 0 Å². The van der Waals surface area contributed by atoms with Crippen LogP contribution in [0.2, 0.25) is 0 Å². The quantitative estimate of drug-likeness (QED) is 0.622. The lowest BCUT2D eigenvalue weighted by Crippen LogP contribution is -2.39. The van der Waals surface area contributed by atoms with Gasteiger partial charge in [0.2, 0.25) is 5.88 Å². The van der Waals surface area contributed by atoms with E-state index in [1.54, 1.807) is 23.2 Å². The van der Waals surface area contributed by atoms with Crippen molar-refractivity contribution in [1.82, 2.24) is 20.1 Å². The zero-order valence-electron chi connectivity index (χ0n) is 18.4. The highest BCUT2D eigenvalue weighted by Gasteiger charge is 2.19. The molecule has 2 aliphatic heterocycles. The first-order chi connectivity index (χ1) is 16.2. The Kier molecular flexibility index (Phi) is 6.14. The number of carbonyl (C=O) groups excluding carboxylic acids is 1. The van der Waals surface area contributed by atoms with Crippen LogP contribution in [0.25, 0.3) is 6.08 Å². The molecule has 0 atom stereocenters. The van der Waals surface area contributed by atoms with Crippen molar-refractivity contribution in [2.24, 2.45) is 0 Å². The first kappa shape index (κ1) is 20.9. The Morgan fingerprint density at radius 1 is 1.03 bits per heavy atom. The smallest absolute Gasteiger partial charge is 0.323 e. The highest BCUT2D eigenvalue weighted by atomic mass is 16.5. The molecular weight excluding hydrogens is 416 g/mol. The third kappa shape index (κ3) is 5.28. The van der Waals surface area contributed by atoms with Gasteiger partial charge in [0, 0.05) is 38.4 Å². The fourth-order valence-electron chi connectivity index (χ4n) is 3.92. The number of carbonyl (C=O) groups is 1. The van der Waals surface area contributed by atoms with Crippen LogP contribution in [0.3, 0.4) is 0 Å². The summed E-state index contributed by atoms with van der Waals surface area (Å²) < 4.78 is 5.97. The van der Waals surface area contributed by atoms with Gasteiger partial charge in [-0.05, 0) is 55.2 Å². The monoisotopic (exact) mass is 442 g/mol. The molecule has 0 spiro atoms. The number of nitrogens with one attached hydrogen (secondary N) is 1. The van der Waals surface area contributed by atoms with Gasteiger partial charge in [0.25, 0.3) is 0 Å². The van der Waals surface area contributed by atoms with Gasteiger partial charge in [0.15, 0.2) is 5.82 Å². The summed E-state index contributed by atoms with van der Waals surface area (Å²) in [5.41, 5.74) is 3.54. The molecule has 3 aromatic rings. The molecule has 0 unspecified atom stereocenters. The van der Waals surface area contributed by atoms with Crippen LogP contribution in [-0.2, 0) is 0 Å². The van der Waals surface area contributed by atoms with Crippen molar-refractivity contribution in [3.05, 3.63) is 72.1 Å². The van der Waals surface area contributed by atoms with Crippen LogP contribution in [0.1, 0.15) is 24.8 Å². The minimum Gasteiger partial charge on any atom is -0.439 e. The number of hydrogen-bond donors (Lipinski definition) is 1. The molecule has 168 valence electrons.